The number of nitrogens with one attached hydrogen (secondary N) is 1. The van der Waals surface area contributed by atoms with Gasteiger partial charge in [-0.3, -0.25) is 4.79 Å². The molecule has 2 aromatic carbocycles. The van der Waals surface area contributed by atoms with Crippen molar-refractivity contribution in [3.05, 3.63) is 53.6 Å². The maximum absolute atomic E-state index is 12.3. The van der Waals surface area contributed by atoms with Gasteiger partial charge < -0.3 is 14.8 Å². The molecular formula is C20H25NO3S. The smallest absolute Gasteiger partial charge is 0.230 e. The lowest BCUT2D eigenvalue weighted by Crippen LogP contribution is -2.29. The minimum atomic E-state index is 0.0206. The first-order chi connectivity index (χ1) is 12.1. The summed E-state index contributed by atoms with van der Waals surface area (Å²) in [5, 5.41) is 3.11. The van der Waals surface area contributed by atoms with Crippen LogP contribution in [0.4, 0.5) is 0 Å². The summed E-state index contributed by atoms with van der Waals surface area (Å²) in [4.78, 5) is 13.3. The molecule has 0 fully saturated rings. The maximum Gasteiger partial charge on any atom is 0.230 e. The molecule has 4 nitrogen and oxygen atoms in total. The van der Waals surface area contributed by atoms with Crippen LogP contribution in [0.25, 0.3) is 0 Å². The number of thioether (sulfide) groups is 1. The van der Waals surface area contributed by atoms with E-state index in [-0.39, 0.29) is 11.9 Å². The van der Waals surface area contributed by atoms with Gasteiger partial charge in [-0.1, -0.05) is 36.8 Å². The van der Waals surface area contributed by atoms with Gasteiger partial charge in [-0.25, -0.2) is 0 Å². The van der Waals surface area contributed by atoms with Gasteiger partial charge in [0.15, 0.2) is 11.5 Å². The highest BCUT2D eigenvalue weighted by atomic mass is 32.2. The van der Waals surface area contributed by atoms with E-state index >= 15 is 0 Å². The average molecular weight is 359 g/mol. The van der Waals surface area contributed by atoms with Crippen molar-refractivity contribution in [2.45, 2.75) is 31.2 Å². The molecule has 0 heterocycles. The fourth-order valence-corrected chi connectivity index (χ4v) is 3.25. The van der Waals surface area contributed by atoms with E-state index in [0.29, 0.717) is 17.3 Å². The second-order valence-corrected chi connectivity index (χ2v) is 6.79. The Kier molecular flexibility index (Phi) is 7.19. The minimum absolute atomic E-state index is 0.0206. The quantitative estimate of drug-likeness (QED) is 0.711. The van der Waals surface area contributed by atoms with Crippen LogP contribution in [0.1, 0.15) is 30.5 Å². The van der Waals surface area contributed by atoms with Gasteiger partial charge in [0.1, 0.15) is 0 Å². The average Bonchev–Trinajstić information content (AvgIpc) is 2.64. The molecule has 0 aromatic heterocycles. The van der Waals surface area contributed by atoms with Gasteiger partial charge in [0.05, 0.1) is 26.0 Å². The first kappa shape index (κ1) is 19.2. The number of ether oxygens (including phenoxy) is 2. The van der Waals surface area contributed by atoms with E-state index in [4.69, 9.17) is 9.47 Å². The fourth-order valence-electron chi connectivity index (χ4n) is 2.51. The molecule has 5 heteroatoms. The van der Waals surface area contributed by atoms with Crippen LogP contribution >= 0.6 is 11.8 Å². The molecule has 0 aliphatic carbocycles. The number of aryl methyl sites for hydroxylation is 1. The highest BCUT2D eigenvalue weighted by molar-refractivity contribution is 8.00. The van der Waals surface area contributed by atoms with Gasteiger partial charge in [0.25, 0.3) is 0 Å². The van der Waals surface area contributed by atoms with E-state index in [1.165, 1.54) is 17.3 Å². The molecule has 0 aliphatic heterocycles. The van der Waals surface area contributed by atoms with Crippen molar-refractivity contribution >= 4 is 17.7 Å². The molecule has 0 bridgehead atoms. The van der Waals surface area contributed by atoms with Crippen LogP contribution in [-0.4, -0.2) is 25.9 Å². The second-order valence-electron chi connectivity index (χ2n) is 5.74. The number of hydrogen-bond donors (Lipinski definition) is 1. The topological polar surface area (TPSA) is 47.6 Å². The third-order valence-electron chi connectivity index (χ3n) is 3.95. The molecule has 0 aliphatic rings. The van der Waals surface area contributed by atoms with Crippen LogP contribution < -0.4 is 14.8 Å². The molecule has 1 N–H and O–H groups in total. The molecule has 1 amide bonds. The molecule has 1 unspecified atom stereocenters. The number of benzene rings is 2. The molecule has 2 rings (SSSR count). The standard InChI is InChI=1S/C20H25NO3S/c1-5-17(15-8-6-14(2)7-9-15)21-20(22)13-25-16-10-11-18(23-3)19(12-16)24-4/h6-12,17H,5,13H2,1-4H3,(H,21,22). The van der Waals surface area contributed by atoms with Crippen molar-refractivity contribution in [2.24, 2.45) is 0 Å². The SMILES string of the molecule is CCC(NC(=O)CSc1ccc(OC)c(OC)c1)c1ccc(C)cc1. The van der Waals surface area contributed by atoms with Gasteiger partial charge in [0.2, 0.25) is 5.91 Å². The van der Waals surface area contributed by atoms with Gasteiger partial charge in [0, 0.05) is 4.90 Å². The highest BCUT2D eigenvalue weighted by Crippen LogP contribution is 2.31. The first-order valence-electron chi connectivity index (χ1n) is 8.28. The zero-order valence-electron chi connectivity index (χ0n) is 15.2. The molecule has 0 spiro atoms. The van der Waals surface area contributed by atoms with Crippen molar-refractivity contribution in [1.29, 1.82) is 0 Å². The molecule has 0 saturated heterocycles. The summed E-state index contributed by atoms with van der Waals surface area (Å²) in [5.41, 5.74) is 2.35. The molecule has 0 radical (unpaired) electrons. The minimum Gasteiger partial charge on any atom is -0.493 e. The number of hydrogen-bond acceptors (Lipinski definition) is 4. The number of carbonyl (C=O) groups is 1. The predicted molar refractivity (Wildman–Crippen MR) is 103 cm³/mol. The van der Waals surface area contributed by atoms with Crippen molar-refractivity contribution < 1.29 is 14.3 Å². The van der Waals surface area contributed by atoms with Crippen LogP contribution in [0.3, 0.4) is 0 Å². The van der Waals surface area contributed by atoms with Crippen LogP contribution in [0.5, 0.6) is 11.5 Å². The number of amides is 1. The van der Waals surface area contributed by atoms with Crippen LogP contribution in [0.15, 0.2) is 47.4 Å². The molecule has 134 valence electrons. The second kappa shape index (κ2) is 9.37. The van der Waals surface area contributed by atoms with Crippen LogP contribution in [0, 0.1) is 6.92 Å². The highest BCUT2D eigenvalue weighted by Gasteiger charge is 2.13. The first-order valence-corrected chi connectivity index (χ1v) is 9.26. The number of methoxy groups -OCH3 is 2. The Balaban J connectivity index is 1.94. The summed E-state index contributed by atoms with van der Waals surface area (Å²) in [6.07, 6.45) is 0.857. The van der Waals surface area contributed by atoms with E-state index in [1.807, 2.05) is 18.2 Å². The lowest BCUT2D eigenvalue weighted by Gasteiger charge is -2.17. The van der Waals surface area contributed by atoms with Crippen molar-refractivity contribution in [3.63, 3.8) is 0 Å². The molecule has 2 aromatic rings. The summed E-state index contributed by atoms with van der Waals surface area (Å²) < 4.78 is 10.5. The largest absolute Gasteiger partial charge is 0.493 e. The van der Waals surface area contributed by atoms with Gasteiger partial charge >= 0.3 is 0 Å². The predicted octanol–water partition coefficient (Wildman–Crippen LogP) is 4.37. The van der Waals surface area contributed by atoms with E-state index in [9.17, 15) is 4.79 Å². The number of rotatable bonds is 8. The van der Waals surface area contributed by atoms with Gasteiger partial charge in [-0.15, -0.1) is 11.8 Å². The Bertz CT molecular complexity index is 701. The Hall–Kier alpha value is -2.14. The summed E-state index contributed by atoms with van der Waals surface area (Å²) in [6, 6.07) is 14.0. The van der Waals surface area contributed by atoms with E-state index in [0.717, 1.165) is 16.9 Å². The lowest BCUT2D eigenvalue weighted by molar-refractivity contribution is -0.119. The summed E-state index contributed by atoms with van der Waals surface area (Å²) in [6.45, 7) is 4.13. The van der Waals surface area contributed by atoms with E-state index < -0.39 is 0 Å². The van der Waals surface area contributed by atoms with Crippen LogP contribution in [0.2, 0.25) is 0 Å². The zero-order valence-corrected chi connectivity index (χ0v) is 16.0. The number of carbonyl (C=O) groups excluding carboxylic acids is 1. The Labute approximate surface area is 153 Å². The van der Waals surface area contributed by atoms with E-state index in [1.54, 1.807) is 14.2 Å². The lowest BCUT2D eigenvalue weighted by atomic mass is 10.0. The maximum atomic E-state index is 12.3. The van der Waals surface area contributed by atoms with Gasteiger partial charge in [-0.05, 0) is 37.1 Å². The normalized spacial score (nSPS) is 11.7. The third-order valence-corrected chi connectivity index (χ3v) is 4.94. The molecule has 0 saturated carbocycles. The molecule has 25 heavy (non-hydrogen) atoms. The summed E-state index contributed by atoms with van der Waals surface area (Å²) in [5.74, 6) is 1.73. The van der Waals surface area contributed by atoms with Crippen molar-refractivity contribution in [3.8, 4) is 11.5 Å². The van der Waals surface area contributed by atoms with Crippen LogP contribution in [-0.2, 0) is 4.79 Å². The molecular weight excluding hydrogens is 334 g/mol. The Morgan fingerprint density at radius 1 is 1.08 bits per heavy atom. The Morgan fingerprint density at radius 3 is 2.36 bits per heavy atom. The monoisotopic (exact) mass is 359 g/mol. The third kappa shape index (κ3) is 5.43. The zero-order chi connectivity index (χ0) is 18.2. The molecule has 1 atom stereocenters. The van der Waals surface area contributed by atoms with Gasteiger partial charge in [-0.2, -0.15) is 0 Å². The fraction of sp³-hybridized carbons (Fsp3) is 0.350. The Morgan fingerprint density at radius 2 is 1.76 bits per heavy atom. The summed E-state index contributed by atoms with van der Waals surface area (Å²) >= 11 is 1.48. The summed E-state index contributed by atoms with van der Waals surface area (Å²) in [7, 11) is 3.21. The van der Waals surface area contributed by atoms with Crippen molar-refractivity contribution in [2.75, 3.05) is 20.0 Å². The van der Waals surface area contributed by atoms with Crippen molar-refractivity contribution in [1.82, 2.24) is 5.32 Å². The van der Waals surface area contributed by atoms with E-state index in [2.05, 4.69) is 43.4 Å².